The van der Waals surface area contributed by atoms with Gasteiger partial charge in [-0.1, -0.05) is 36.2 Å². The molecule has 1 aliphatic rings. The fourth-order valence-electron chi connectivity index (χ4n) is 3.17. The van der Waals surface area contributed by atoms with E-state index in [0.29, 0.717) is 11.5 Å². The fourth-order valence-corrected chi connectivity index (χ4v) is 3.17. The van der Waals surface area contributed by atoms with E-state index in [1.807, 2.05) is 32.0 Å². The van der Waals surface area contributed by atoms with Crippen LogP contribution in [0.15, 0.2) is 22.7 Å². The second-order valence-corrected chi connectivity index (χ2v) is 5.80. The third kappa shape index (κ3) is 2.35. The smallest absolute Gasteiger partial charge is 0.341 e. The van der Waals surface area contributed by atoms with Gasteiger partial charge in [0.25, 0.3) is 0 Å². The summed E-state index contributed by atoms with van der Waals surface area (Å²) in [7, 11) is 0. The molecular formula is C17H19NO3. The number of hydrogen-bond acceptors (Lipinski definition) is 3. The first-order chi connectivity index (χ1) is 10.1. The highest BCUT2D eigenvalue weighted by Gasteiger charge is 2.31. The molecule has 0 amide bonds. The lowest BCUT2D eigenvalue weighted by molar-refractivity contribution is 0.0694. The van der Waals surface area contributed by atoms with Crippen LogP contribution in [0.2, 0.25) is 0 Å². The van der Waals surface area contributed by atoms with Gasteiger partial charge >= 0.3 is 5.97 Å². The number of benzene rings is 1. The summed E-state index contributed by atoms with van der Waals surface area (Å²) in [6.07, 6.45) is 4.23. The molecule has 0 bridgehead atoms. The molecule has 4 heteroatoms. The lowest BCUT2D eigenvalue weighted by atomic mass is 9.94. The maximum atomic E-state index is 11.7. The third-order valence-corrected chi connectivity index (χ3v) is 4.52. The zero-order valence-corrected chi connectivity index (χ0v) is 12.3. The van der Waals surface area contributed by atoms with Crippen LogP contribution in [-0.2, 0) is 0 Å². The molecule has 1 N–H and O–H groups in total. The third-order valence-electron chi connectivity index (χ3n) is 4.52. The van der Waals surface area contributed by atoms with Crippen molar-refractivity contribution in [1.29, 1.82) is 0 Å². The standard InChI is InChI=1S/C17H19NO3/c1-10-6-5-9-13(11(10)2)15-14(17(19)20)16(21-18-15)12-7-3-4-8-12/h5-6,9,12H,3-4,7-8H2,1-2H3,(H,19,20). The molecule has 110 valence electrons. The van der Waals surface area contributed by atoms with Crippen molar-refractivity contribution in [2.24, 2.45) is 0 Å². The van der Waals surface area contributed by atoms with Crippen LogP contribution in [0.5, 0.6) is 0 Å². The van der Waals surface area contributed by atoms with Crippen molar-refractivity contribution in [3.63, 3.8) is 0 Å². The molecule has 0 saturated heterocycles. The van der Waals surface area contributed by atoms with Crippen molar-refractivity contribution in [3.05, 3.63) is 40.6 Å². The quantitative estimate of drug-likeness (QED) is 0.912. The molecular weight excluding hydrogens is 266 g/mol. The Bertz CT molecular complexity index is 681. The molecule has 0 radical (unpaired) electrons. The summed E-state index contributed by atoms with van der Waals surface area (Å²) in [5.41, 5.74) is 3.72. The van der Waals surface area contributed by atoms with Crippen molar-refractivity contribution in [1.82, 2.24) is 5.16 Å². The van der Waals surface area contributed by atoms with Gasteiger partial charge in [0.15, 0.2) is 5.76 Å². The summed E-state index contributed by atoms with van der Waals surface area (Å²) >= 11 is 0. The molecule has 21 heavy (non-hydrogen) atoms. The first-order valence-corrected chi connectivity index (χ1v) is 7.39. The van der Waals surface area contributed by atoms with Gasteiger partial charge in [-0.15, -0.1) is 0 Å². The minimum Gasteiger partial charge on any atom is -0.477 e. The summed E-state index contributed by atoms with van der Waals surface area (Å²) in [5, 5.41) is 13.7. The molecule has 1 fully saturated rings. The number of nitrogens with zero attached hydrogens (tertiary/aromatic N) is 1. The van der Waals surface area contributed by atoms with Crippen LogP contribution in [0.25, 0.3) is 11.3 Å². The van der Waals surface area contributed by atoms with Crippen molar-refractivity contribution < 1.29 is 14.4 Å². The first kappa shape index (κ1) is 13.9. The molecule has 0 atom stereocenters. The number of carboxylic acids is 1. The van der Waals surface area contributed by atoms with Crippen LogP contribution in [0.4, 0.5) is 0 Å². The average Bonchev–Trinajstić information content (AvgIpc) is 3.09. The van der Waals surface area contributed by atoms with Crippen molar-refractivity contribution in [2.75, 3.05) is 0 Å². The van der Waals surface area contributed by atoms with E-state index in [1.165, 1.54) is 0 Å². The van der Waals surface area contributed by atoms with E-state index in [0.717, 1.165) is 42.4 Å². The Hall–Kier alpha value is -2.10. The van der Waals surface area contributed by atoms with E-state index < -0.39 is 5.97 Å². The lowest BCUT2D eigenvalue weighted by Gasteiger charge is -2.08. The summed E-state index contributed by atoms with van der Waals surface area (Å²) in [5.74, 6) is -0.201. The van der Waals surface area contributed by atoms with Crippen LogP contribution in [-0.4, -0.2) is 16.2 Å². The minimum absolute atomic E-state index is 0.197. The van der Waals surface area contributed by atoms with Gasteiger partial charge in [-0.05, 0) is 37.8 Å². The Morgan fingerprint density at radius 3 is 2.67 bits per heavy atom. The van der Waals surface area contributed by atoms with Gasteiger partial charge in [0, 0.05) is 11.5 Å². The molecule has 3 rings (SSSR count). The van der Waals surface area contributed by atoms with Crippen LogP contribution >= 0.6 is 0 Å². The van der Waals surface area contributed by atoms with Crippen molar-refractivity contribution in [2.45, 2.75) is 45.4 Å². The molecule has 0 spiro atoms. The first-order valence-electron chi connectivity index (χ1n) is 7.39. The van der Waals surface area contributed by atoms with Crippen LogP contribution in [0.1, 0.15) is 58.8 Å². The van der Waals surface area contributed by atoms with Crippen LogP contribution in [0.3, 0.4) is 0 Å². The zero-order valence-electron chi connectivity index (χ0n) is 12.3. The molecule has 1 aromatic carbocycles. The number of hydrogen-bond donors (Lipinski definition) is 1. The molecule has 0 aliphatic heterocycles. The van der Waals surface area contributed by atoms with Crippen LogP contribution < -0.4 is 0 Å². The number of aromatic nitrogens is 1. The highest BCUT2D eigenvalue weighted by Crippen LogP contribution is 2.39. The summed E-state index contributed by atoms with van der Waals surface area (Å²) in [6.45, 7) is 4.00. The Balaban J connectivity index is 2.15. The number of carboxylic acid groups (broad SMARTS) is 1. The lowest BCUT2D eigenvalue weighted by Crippen LogP contribution is -2.04. The van der Waals surface area contributed by atoms with Gasteiger partial charge in [-0.3, -0.25) is 0 Å². The predicted octanol–water partition coefficient (Wildman–Crippen LogP) is 4.31. The molecule has 1 saturated carbocycles. The summed E-state index contributed by atoms with van der Waals surface area (Å²) in [4.78, 5) is 11.7. The van der Waals surface area contributed by atoms with E-state index >= 15 is 0 Å². The topological polar surface area (TPSA) is 63.3 Å². The largest absolute Gasteiger partial charge is 0.477 e. The summed E-state index contributed by atoms with van der Waals surface area (Å²) in [6, 6.07) is 5.84. The predicted molar refractivity (Wildman–Crippen MR) is 79.6 cm³/mol. The molecule has 0 unspecified atom stereocenters. The minimum atomic E-state index is -0.950. The second-order valence-electron chi connectivity index (χ2n) is 5.80. The van der Waals surface area contributed by atoms with Gasteiger partial charge in [-0.25, -0.2) is 4.79 Å². The SMILES string of the molecule is Cc1cccc(-c2noc(C3CCCC3)c2C(=O)O)c1C. The second kappa shape index (κ2) is 5.35. The van der Waals surface area contributed by atoms with Gasteiger partial charge in [0.2, 0.25) is 0 Å². The monoisotopic (exact) mass is 285 g/mol. The van der Waals surface area contributed by atoms with Crippen LogP contribution in [0, 0.1) is 13.8 Å². The van der Waals surface area contributed by atoms with E-state index in [4.69, 9.17) is 4.52 Å². The number of aryl methyl sites for hydroxylation is 1. The number of rotatable bonds is 3. The Labute approximate surface area is 123 Å². The normalized spacial score (nSPS) is 15.5. The Morgan fingerprint density at radius 1 is 1.29 bits per heavy atom. The van der Waals surface area contributed by atoms with Gasteiger partial charge in [0.05, 0.1) is 0 Å². The average molecular weight is 285 g/mol. The Morgan fingerprint density at radius 2 is 2.00 bits per heavy atom. The molecule has 2 aromatic rings. The van der Waals surface area contributed by atoms with Gasteiger partial charge < -0.3 is 9.63 Å². The molecule has 4 nitrogen and oxygen atoms in total. The zero-order chi connectivity index (χ0) is 15.0. The number of aromatic carboxylic acids is 1. The molecule has 1 aromatic heterocycles. The number of carbonyl (C=O) groups is 1. The maximum absolute atomic E-state index is 11.7. The highest BCUT2D eigenvalue weighted by atomic mass is 16.5. The fraction of sp³-hybridized carbons (Fsp3) is 0.412. The van der Waals surface area contributed by atoms with E-state index in [9.17, 15) is 9.90 Å². The maximum Gasteiger partial charge on any atom is 0.341 e. The Kier molecular flexibility index (Phi) is 3.53. The van der Waals surface area contributed by atoms with Gasteiger partial charge in [0.1, 0.15) is 11.3 Å². The summed E-state index contributed by atoms with van der Waals surface area (Å²) < 4.78 is 5.46. The van der Waals surface area contributed by atoms with E-state index in [2.05, 4.69) is 5.16 Å². The van der Waals surface area contributed by atoms with Gasteiger partial charge in [-0.2, -0.15) is 0 Å². The van der Waals surface area contributed by atoms with Crippen molar-refractivity contribution >= 4 is 5.97 Å². The molecule has 1 heterocycles. The van der Waals surface area contributed by atoms with Crippen molar-refractivity contribution in [3.8, 4) is 11.3 Å². The molecule has 1 aliphatic carbocycles. The highest BCUT2D eigenvalue weighted by molar-refractivity contribution is 5.96. The van der Waals surface area contributed by atoms with E-state index in [1.54, 1.807) is 0 Å². The van der Waals surface area contributed by atoms with E-state index in [-0.39, 0.29) is 11.5 Å².